The number of hydrogen-bond donors (Lipinski definition) is 2. The maximum atomic E-state index is 10.9. The first-order chi connectivity index (χ1) is 9.69. The summed E-state index contributed by atoms with van der Waals surface area (Å²) in [4.78, 5) is 18.6. The van der Waals surface area contributed by atoms with Gasteiger partial charge in [0.05, 0.1) is 4.92 Å². The van der Waals surface area contributed by atoms with Crippen LogP contribution in [-0.4, -0.2) is 40.0 Å². The molecule has 112 valence electrons. The van der Waals surface area contributed by atoms with Gasteiger partial charge in [0.15, 0.2) is 0 Å². The monoisotopic (exact) mass is 299 g/mol. The maximum absolute atomic E-state index is 10.9. The first-order valence-electron chi connectivity index (χ1n) is 6.67. The van der Waals surface area contributed by atoms with Crippen molar-refractivity contribution in [2.24, 2.45) is 0 Å². The van der Waals surface area contributed by atoms with Gasteiger partial charge in [-0.05, 0) is 31.3 Å². The number of unbranched alkanes of at least 4 members (excludes halogenated alkanes) is 1. The van der Waals surface area contributed by atoms with E-state index in [4.69, 9.17) is 0 Å². The minimum absolute atomic E-state index is 0.0862. The van der Waals surface area contributed by atoms with Crippen molar-refractivity contribution in [2.75, 3.05) is 35.7 Å². The Morgan fingerprint density at radius 1 is 1.35 bits per heavy atom. The molecule has 7 nitrogen and oxygen atoms in total. The maximum Gasteiger partial charge on any atom is 0.329 e. The highest BCUT2D eigenvalue weighted by atomic mass is 32.2. The summed E-state index contributed by atoms with van der Waals surface area (Å²) in [5.74, 6) is 1.80. The van der Waals surface area contributed by atoms with Gasteiger partial charge in [-0.25, -0.2) is 4.98 Å². The molecule has 0 saturated carbocycles. The largest absolute Gasteiger partial charge is 0.364 e. The summed E-state index contributed by atoms with van der Waals surface area (Å²) in [7, 11) is 0. The molecule has 0 bridgehead atoms. The second-order valence-corrected chi connectivity index (χ2v) is 5.22. The second-order valence-electron chi connectivity index (χ2n) is 4.24. The zero-order valence-corrected chi connectivity index (χ0v) is 12.7. The normalized spacial score (nSPS) is 10.3. The predicted molar refractivity (Wildman–Crippen MR) is 83.6 cm³/mol. The van der Waals surface area contributed by atoms with Gasteiger partial charge in [-0.2, -0.15) is 16.7 Å². The van der Waals surface area contributed by atoms with Gasteiger partial charge in [0.2, 0.25) is 11.8 Å². The number of nitro groups is 1. The Labute approximate surface area is 123 Å². The van der Waals surface area contributed by atoms with Crippen LogP contribution in [0.2, 0.25) is 0 Å². The SMILES string of the molecule is CCCNc1ncc([N+](=O)[O-])c(NCCCCSC)n1. The van der Waals surface area contributed by atoms with Crippen molar-refractivity contribution in [1.82, 2.24) is 9.97 Å². The van der Waals surface area contributed by atoms with E-state index in [0.29, 0.717) is 12.5 Å². The van der Waals surface area contributed by atoms with Gasteiger partial charge in [0, 0.05) is 13.1 Å². The molecule has 0 atom stereocenters. The van der Waals surface area contributed by atoms with Crippen LogP contribution in [0.4, 0.5) is 17.5 Å². The molecule has 0 unspecified atom stereocenters. The molecule has 1 aromatic heterocycles. The molecule has 1 heterocycles. The van der Waals surface area contributed by atoms with E-state index in [-0.39, 0.29) is 11.5 Å². The standard InChI is InChI=1S/C12H21N5O2S/c1-3-6-14-12-15-9-10(17(18)19)11(16-12)13-7-4-5-8-20-2/h9H,3-8H2,1-2H3,(H2,13,14,15,16). The Morgan fingerprint density at radius 3 is 2.80 bits per heavy atom. The van der Waals surface area contributed by atoms with Crippen LogP contribution in [0.25, 0.3) is 0 Å². The first kappa shape index (κ1) is 16.5. The molecule has 0 saturated heterocycles. The van der Waals surface area contributed by atoms with Crippen LogP contribution in [0.15, 0.2) is 6.20 Å². The molecule has 0 fully saturated rings. The van der Waals surface area contributed by atoms with Gasteiger partial charge in [-0.15, -0.1) is 0 Å². The fourth-order valence-electron chi connectivity index (χ4n) is 1.54. The van der Waals surface area contributed by atoms with Crippen LogP contribution in [0.1, 0.15) is 26.2 Å². The van der Waals surface area contributed by atoms with Crippen molar-refractivity contribution in [1.29, 1.82) is 0 Å². The summed E-state index contributed by atoms with van der Waals surface area (Å²) in [5.41, 5.74) is -0.0862. The summed E-state index contributed by atoms with van der Waals surface area (Å²) in [6.45, 7) is 3.44. The van der Waals surface area contributed by atoms with E-state index < -0.39 is 4.92 Å². The molecule has 1 aromatic rings. The highest BCUT2D eigenvalue weighted by molar-refractivity contribution is 7.98. The number of anilines is 2. The third kappa shape index (κ3) is 5.60. The Morgan fingerprint density at radius 2 is 2.15 bits per heavy atom. The van der Waals surface area contributed by atoms with E-state index in [0.717, 1.165) is 31.6 Å². The molecule has 2 N–H and O–H groups in total. The molecule has 20 heavy (non-hydrogen) atoms. The Balaban J connectivity index is 2.65. The van der Waals surface area contributed by atoms with Crippen molar-refractivity contribution < 1.29 is 4.92 Å². The van der Waals surface area contributed by atoms with E-state index in [2.05, 4.69) is 26.9 Å². The van der Waals surface area contributed by atoms with E-state index >= 15 is 0 Å². The molecule has 1 rings (SSSR count). The van der Waals surface area contributed by atoms with Gasteiger partial charge in [-0.1, -0.05) is 6.92 Å². The van der Waals surface area contributed by atoms with Crippen LogP contribution < -0.4 is 10.6 Å². The number of hydrogen-bond acceptors (Lipinski definition) is 7. The van der Waals surface area contributed by atoms with Crippen LogP contribution >= 0.6 is 11.8 Å². The van der Waals surface area contributed by atoms with Gasteiger partial charge in [-0.3, -0.25) is 10.1 Å². The molecule has 0 spiro atoms. The Kier molecular flexibility index (Phi) is 7.71. The summed E-state index contributed by atoms with van der Waals surface area (Å²) in [5, 5.41) is 17.0. The first-order valence-corrected chi connectivity index (χ1v) is 8.06. The summed E-state index contributed by atoms with van der Waals surface area (Å²) >= 11 is 1.80. The number of nitrogens with zero attached hydrogens (tertiary/aromatic N) is 3. The quantitative estimate of drug-likeness (QED) is 0.390. The van der Waals surface area contributed by atoms with E-state index in [1.807, 2.05) is 6.92 Å². The number of thioether (sulfide) groups is 1. The van der Waals surface area contributed by atoms with E-state index in [1.165, 1.54) is 6.20 Å². The van der Waals surface area contributed by atoms with Crippen LogP contribution in [0.5, 0.6) is 0 Å². The number of aromatic nitrogens is 2. The second kappa shape index (κ2) is 9.35. The van der Waals surface area contributed by atoms with E-state index in [1.54, 1.807) is 11.8 Å². The highest BCUT2D eigenvalue weighted by Gasteiger charge is 2.16. The third-order valence-electron chi connectivity index (χ3n) is 2.57. The molecular formula is C12H21N5O2S. The lowest BCUT2D eigenvalue weighted by Gasteiger charge is -2.08. The Hall–Kier alpha value is -1.57. The molecule has 0 amide bonds. The molecule has 0 aliphatic carbocycles. The van der Waals surface area contributed by atoms with Crippen LogP contribution in [-0.2, 0) is 0 Å². The van der Waals surface area contributed by atoms with Gasteiger partial charge >= 0.3 is 5.69 Å². The summed E-state index contributed by atoms with van der Waals surface area (Å²) in [6.07, 6.45) is 6.29. The lowest BCUT2D eigenvalue weighted by atomic mass is 10.3. The predicted octanol–water partition coefficient (Wildman–Crippen LogP) is 2.76. The van der Waals surface area contributed by atoms with Gasteiger partial charge in [0.1, 0.15) is 6.20 Å². The lowest BCUT2D eigenvalue weighted by molar-refractivity contribution is -0.384. The number of nitrogens with one attached hydrogen (secondary N) is 2. The average molecular weight is 299 g/mol. The topological polar surface area (TPSA) is 93.0 Å². The number of rotatable bonds is 10. The average Bonchev–Trinajstić information content (AvgIpc) is 2.44. The minimum Gasteiger partial charge on any atom is -0.364 e. The minimum atomic E-state index is -0.464. The van der Waals surface area contributed by atoms with Crippen molar-refractivity contribution in [3.8, 4) is 0 Å². The van der Waals surface area contributed by atoms with Crippen molar-refractivity contribution in [3.63, 3.8) is 0 Å². The van der Waals surface area contributed by atoms with Crippen LogP contribution in [0, 0.1) is 10.1 Å². The summed E-state index contributed by atoms with van der Waals surface area (Å²) < 4.78 is 0. The fourth-order valence-corrected chi connectivity index (χ4v) is 2.03. The zero-order valence-electron chi connectivity index (χ0n) is 11.9. The van der Waals surface area contributed by atoms with Crippen molar-refractivity contribution in [2.45, 2.75) is 26.2 Å². The zero-order chi connectivity index (χ0) is 14.8. The summed E-state index contributed by atoms with van der Waals surface area (Å²) in [6, 6.07) is 0. The fraction of sp³-hybridized carbons (Fsp3) is 0.667. The molecule has 0 aliphatic heterocycles. The van der Waals surface area contributed by atoms with Gasteiger partial charge in [0.25, 0.3) is 0 Å². The Bertz CT molecular complexity index is 430. The molecule has 8 heteroatoms. The molecular weight excluding hydrogens is 278 g/mol. The molecule has 0 aliphatic rings. The molecule has 0 radical (unpaired) electrons. The smallest absolute Gasteiger partial charge is 0.329 e. The van der Waals surface area contributed by atoms with E-state index in [9.17, 15) is 10.1 Å². The van der Waals surface area contributed by atoms with Crippen molar-refractivity contribution in [3.05, 3.63) is 16.3 Å². The van der Waals surface area contributed by atoms with Crippen molar-refractivity contribution >= 4 is 29.2 Å². The highest BCUT2D eigenvalue weighted by Crippen LogP contribution is 2.21. The van der Waals surface area contributed by atoms with Gasteiger partial charge < -0.3 is 10.6 Å². The molecule has 0 aromatic carbocycles. The lowest BCUT2D eigenvalue weighted by Crippen LogP contribution is -2.10. The third-order valence-corrected chi connectivity index (χ3v) is 3.26. The van der Waals surface area contributed by atoms with Crippen LogP contribution in [0.3, 0.4) is 0 Å².